The third-order valence-electron chi connectivity index (χ3n) is 1.62. The van der Waals surface area contributed by atoms with Crippen LogP contribution in [0, 0.1) is 13.8 Å². The molecule has 0 aliphatic rings. The molecule has 0 spiro atoms. The number of hydrogen-bond acceptors (Lipinski definition) is 4. The molecule has 2 N–H and O–H groups in total. The Bertz CT molecular complexity index is 361. The van der Waals surface area contributed by atoms with Crippen molar-refractivity contribution >= 4 is 18.0 Å². The van der Waals surface area contributed by atoms with E-state index in [1.165, 1.54) is 0 Å². The van der Waals surface area contributed by atoms with Crippen LogP contribution in [0.1, 0.15) is 25.2 Å². The van der Waals surface area contributed by atoms with Crippen LogP contribution >= 0.6 is 11.9 Å². The quantitative estimate of drug-likeness (QED) is 0.624. The summed E-state index contributed by atoms with van der Waals surface area (Å²) in [6, 6.07) is 1.77. The molecule has 0 aliphatic carbocycles. The second-order valence-corrected chi connectivity index (χ2v) is 4.54. The Morgan fingerprint density at radius 1 is 1.31 bits per heavy atom. The first-order chi connectivity index (χ1) is 7.47. The van der Waals surface area contributed by atoms with Gasteiger partial charge in [0.1, 0.15) is 0 Å². The van der Waals surface area contributed by atoms with E-state index in [1.807, 2.05) is 33.8 Å². The minimum atomic E-state index is -0.234. The molecule has 0 saturated carbocycles. The highest BCUT2D eigenvalue weighted by atomic mass is 32.2. The van der Waals surface area contributed by atoms with Crippen LogP contribution in [0.25, 0.3) is 0 Å². The number of aryl methyl sites for hydroxylation is 2. The van der Waals surface area contributed by atoms with Crippen LogP contribution in [-0.4, -0.2) is 22.0 Å². The van der Waals surface area contributed by atoms with E-state index in [4.69, 9.17) is 0 Å². The highest BCUT2D eigenvalue weighted by Gasteiger charge is 2.05. The van der Waals surface area contributed by atoms with Crippen LogP contribution < -0.4 is 10.0 Å². The van der Waals surface area contributed by atoms with Gasteiger partial charge in [-0.25, -0.2) is 14.8 Å². The number of rotatable bonds is 3. The zero-order valence-electron chi connectivity index (χ0n) is 9.87. The van der Waals surface area contributed by atoms with Gasteiger partial charge in [0.25, 0.3) is 0 Å². The van der Waals surface area contributed by atoms with Gasteiger partial charge in [-0.05, 0) is 33.8 Å². The minimum absolute atomic E-state index is 0.112. The Morgan fingerprint density at radius 2 is 1.88 bits per heavy atom. The molecule has 0 aromatic carbocycles. The van der Waals surface area contributed by atoms with E-state index in [-0.39, 0.29) is 12.1 Å². The summed E-state index contributed by atoms with van der Waals surface area (Å²) in [6.45, 7) is 7.59. The van der Waals surface area contributed by atoms with Gasteiger partial charge in [0.05, 0.1) is 0 Å². The average molecular weight is 240 g/mol. The molecule has 0 unspecified atom stereocenters. The molecule has 1 heterocycles. The molecule has 5 nitrogen and oxygen atoms in total. The van der Waals surface area contributed by atoms with Crippen molar-refractivity contribution in [2.24, 2.45) is 0 Å². The predicted molar refractivity (Wildman–Crippen MR) is 64.2 cm³/mol. The first-order valence-corrected chi connectivity index (χ1v) is 5.84. The number of amides is 2. The third-order valence-corrected chi connectivity index (χ3v) is 2.27. The molecule has 6 heteroatoms. The summed E-state index contributed by atoms with van der Waals surface area (Å²) in [5.41, 5.74) is 1.78. The van der Waals surface area contributed by atoms with E-state index in [2.05, 4.69) is 20.0 Å². The summed E-state index contributed by atoms with van der Waals surface area (Å²) in [4.78, 5) is 19.7. The van der Waals surface area contributed by atoms with Crippen LogP contribution in [0.3, 0.4) is 0 Å². The summed E-state index contributed by atoms with van der Waals surface area (Å²) < 4.78 is 2.63. The van der Waals surface area contributed by atoms with Gasteiger partial charge in [-0.3, -0.25) is 4.72 Å². The van der Waals surface area contributed by atoms with Crippen molar-refractivity contribution in [3.8, 4) is 0 Å². The van der Waals surface area contributed by atoms with Gasteiger partial charge in [-0.2, -0.15) is 0 Å². The van der Waals surface area contributed by atoms with Gasteiger partial charge in [-0.1, -0.05) is 0 Å². The van der Waals surface area contributed by atoms with Gasteiger partial charge < -0.3 is 5.32 Å². The number of hydrogen-bond donors (Lipinski definition) is 2. The molecule has 0 aliphatic heterocycles. The molecule has 1 rings (SSSR count). The largest absolute Gasteiger partial charge is 0.335 e. The van der Waals surface area contributed by atoms with Gasteiger partial charge in [0, 0.05) is 29.4 Å². The van der Waals surface area contributed by atoms with E-state index >= 15 is 0 Å². The zero-order valence-corrected chi connectivity index (χ0v) is 10.7. The molecule has 2 amide bonds. The van der Waals surface area contributed by atoms with E-state index < -0.39 is 0 Å². The number of carbonyl (C=O) groups excluding carboxylic acids is 1. The summed E-state index contributed by atoms with van der Waals surface area (Å²) in [6.07, 6.45) is 0. The fourth-order valence-corrected chi connectivity index (χ4v) is 1.75. The van der Waals surface area contributed by atoms with Crippen molar-refractivity contribution in [2.75, 3.05) is 0 Å². The standard InChI is InChI=1S/C10H16N4OS/c1-6(2)11-9(15)14-16-10-12-7(3)5-8(4)13-10/h5-6H,1-4H3,(H2,11,14,15). The Balaban J connectivity index is 2.51. The first kappa shape index (κ1) is 12.8. The fraction of sp³-hybridized carbons (Fsp3) is 0.500. The molecule has 0 radical (unpaired) electrons. The van der Waals surface area contributed by atoms with Crippen LogP contribution in [0.4, 0.5) is 4.79 Å². The van der Waals surface area contributed by atoms with Crippen molar-refractivity contribution in [2.45, 2.75) is 38.9 Å². The average Bonchev–Trinajstić information content (AvgIpc) is 2.12. The number of aromatic nitrogens is 2. The normalized spacial score (nSPS) is 10.3. The van der Waals surface area contributed by atoms with Crippen molar-refractivity contribution in [3.05, 3.63) is 17.5 Å². The highest BCUT2D eigenvalue weighted by Crippen LogP contribution is 2.09. The molecule has 0 fully saturated rings. The predicted octanol–water partition coefficient (Wildman–Crippen LogP) is 1.81. The van der Waals surface area contributed by atoms with Crippen LogP contribution in [0.5, 0.6) is 0 Å². The third kappa shape index (κ3) is 4.48. The van der Waals surface area contributed by atoms with Gasteiger partial charge >= 0.3 is 6.03 Å². The smallest absolute Gasteiger partial charge is 0.325 e. The summed E-state index contributed by atoms with van der Waals surface area (Å²) in [5.74, 6) is 0. The topological polar surface area (TPSA) is 66.9 Å². The lowest BCUT2D eigenvalue weighted by Crippen LogP contribution is -2.36. The molecule has 88 valence electrons. The number of nitrogens with one attached hydrogen (secondary N) is 2. The molecule has 0 atom stereocenters. The lowest BCUT2D eigenvalue weighted by molar-refractivity contribution is 0.244. The van der Waals surface area contributed by atoms with E-state index in [0.717, 1.165) is 23.3 Å². The maximum absolute atomic E-state index is 11.3. The minimum Gasteiger partial charge on any atom is -0.335 e. The van der Waals surface area contributed by atoms with E-state index in [0.29, 0.717) is 5.16 Å². The molecular weight excluding hydrogens is 224 g/mol. The van der Waals surface area contributed by atoms with Gasteiger partial charge in [0.15, 0.2) is 0 Å². The molecule has 1 aromatic heterocycles. The van der Waals surface area contributed by atoms with Gasteiger partial charge in [0.2, 0.25) is 5.16 Å². The maximum atomic E-state index is 11.3. The van der Waals surface area contributed by atoms with E-state index in [1.54, 1.807) is 0 Å². The second kappa shape index (κ2) is 5.69. The van der Waals surface area contributed by atoms with Gasteiger partial charge in [-0.15, -0.1) is 0 Å². The zero-order chi connectivity index (χ0) is 12.1. The van der Waals surface area contributed by atoms with Crippen molar-refractivity contribution in [3.63, 3.8) is 0 Å². The Labute approximate surface area is 99.6 Å². The number of urea groups is 1. The summed E-state index contributed by atoms with van der Waals surface area (Å²) in [5, 5.41) is 3.27. The van der Waals surface area contributed by atoms with Crippen molar-refractivity contribution < 1.29 is 4.79 Å². The van der Waals surface area contributed by atoms with Crippen molar-refractivity contribution in [1.82, 2.24) is 20.0 Å². The lowest BCUT2D eigenvalue weighted by Gasteiger charge is -2.08. The van der Waals surface area contributed by atoms with Crippen LogP contribution in [0.15, 0.2) is 11.2 Å². The fourth-order valence-electron chi connectivity index (χ4n) is 1.12. The molecule has 0 bridgehead atoms. The lowest BCUT2D eigenvalue weighted by atomic mass is 10.4. The molecule has 16 heavy (non-hydrogen) atoms. The molecular formula is C10H16N4OS. The Hall–Kier alpha value is -1.30. The Morgan fingerprint density at radius 3 is 2.38 bits per heavy atom. The number of carbonyl (C=O) groups is 1. The SMILES string of the molecule is Cc1cc(C)nc(SNC(=O)NC(C)C)n1. The number of nitrogens with zero attached hydrogens (tertiary/aromatic N) is 2. The highest BCUT2D eigenvalue weighted by molar-refractivity contribution is 7.97. The maximum Gasteiger partial charge on any atom is 0.325 e. The first-order valence-electron chi connectivity index (χ1n) is 5.03. The monoisotopic (exact) mass is 240 g/mol. The van der Waals surface area contributed by atoms with Crippen LogP contribution in [0.2, 0.25) is 0 Å². The Kier molecular flexibility index (Phi) is 4.54. The molecule has 0 saturated heterocycles. The van der Waals surface area contributed by atoms with E-state index in [9.17, 15) is 4.79 Å². The summed E-state index contributed by atoms with van der Waals surface area (Å²) >= 11 is 1.11. The van der Waals surface area contributed by atoms with Crippen LogP contribution in [-0.2, 0) is 0 Å². The summed E-state index contributed by atoms with van der Waals surface area (Å²) in [7, 11) is 0. The van der Waals surface area contributed by atoms with Crippen molar-refractivity contribution in [1.29, 1.82) is 0 Å². The molecule has 1 aromatic rings. The second-order valence-electron chi connectivity index (χ2n) is 3.77.